The molecule has 2 aromatic carbocycles. The predicted molar refractivity (Wildman–Crippen MR) is 129 cm³/mol. The van der Waals surface area contributed by atoms with E-state index < -0.39 is 24.4 Å². The molecule has 1 saturated heterocycles. The number of imide groups is 1. The van der Waals surface area contributed by atoms with E-state index in [4.69, 9.17) is 21.1 Å². The minimum atomic E-state index is -0.688. The highest BCUT2D eigenvalue weighted by atomic mass is 79.9. The Labute approximate surface area is 205 Å². The van der Waals surface area contributed by atoms with Gasteiger partial charge >= 0.3 is 6.03 Å². The zero-order valence-corrected chi connectivity index (χ0v) is 20.6. The van der Waals surface area contributed by atoms with Gasteiger partial charge in [0.05, 0.1) is 18.2 Å². The molecule has 33 heavy (non-hydrogen) atoms. The fourth-order valence-corrected chi connectivity index (χ4v) is 3.51. The molecule has 2 aromatic rings. The number of halogens is 2. The smallest absolute Gasteiger partial charge is 0.329 e. The Hall–Kier alpha value is -3.04. The van der Waals surface area contributed by atoms with Crippen LogP contribution >= 0.6 is 27.5 Å². The first-order valence-corrected chi connectivity index (χ1v) is 11.3. The van der Waals surface area contributed by atoms with E-state index in [1.165, 1.54) is 13.2 Å². The highest BCUT2D eigenvalue weighted by Gasteiger charge is 2.35. The number of methoxy groups -OCH3 is 1. The second kappa shape index (κ2) is 10.7. The topological polar surface area (TPSA) is 97.0 Å². The van der Waals surface area contributed by atoms with Gasteiger partial charge in [-0.05, 0) is 61.4 Å². The first-order chi connectivity index (χ1) is 15.7. The number of anilines is 1. The molecule has 4 amide bonds. The maximum absolute atomic E-state index is 12.7. The molecule has 1 heterocycles. The number of carbonyl (C=O) groups excluding carboxylic acids is 3. The van der Waals surface area contributed by atoms with E-state index in [1.54, 1.807) is 36.4 Å². The Morgan fingerprint density at radius 1 is 1.27 bits per heavy atom. The van der Waals surface area contributed by atoms with Crippen molar-refractivity contribution in [3.05, 3.63) is 57.2 Å². The van der Waals surface area contributed by atoms with E-state index in [-0.39, 0.29) is 11.8 Å². The summed E-state index contributed by atoms with van der Waals surface area (Å²) in [7, 11) is 1.49. The molecule has 0 spiro atoms. The predicted octanol–water partition coefficient (Wildman–Crippen LogP) is 4.82. The van der Waals surface area contributed by atoms with Gasteiger partial charge in [0.1, 0.15) is 12.2 Å². The SMILES string of the molecule is CC[C@@H](C)Oc1c(Cl)cc(/C=C2\NC(=O)N(CC(=O)Nc3ccc(Br)cc3)C2=O)cc1OC. The number of nitrogens with one attached hydrogen (secondary N) is 2. The summed E-state index contributed by atoms with van der Waals surface area (Å²) >= 11 is 9.69. The Balaban J connectivity index is 1.75. The number of rotatable bonds is 8. The second-order valence-electron chi connectivity index (χ2n) is 7.31. The number of hydrogen-bond acceptors (Lipinski definition) is 5. The summed E-state index contributed by atoms with van der Waals surface area (Å²) in [6.07, 6.45) is 2.19. The standard InChI is InChI=1S/C23H23BrClN3O5/c1-4-13(2)33-21-17(25)9-14(11-19(21)32-3)10-18-22(30)28(23(31)27-18)12-20(29)26-16-7-5-15(24)6-8-16/h5-11,13H,4,12H2,1-3H3,(H,26,29)(H,27,31)/b18-10-/t13-/m1/s1. The van der Waals surface area contributed by atoms with Crippen molar-refractivity contribution in [1.82, 2.24) is 10.2 Å². The summed E-state index contributed by atoms with van der Waals surface area (Å²) < 4.78 is 12.1. The van der Waals surface area contributed by atoms with Crippen LogP contribution in [0, 0.1) is 0 Å². The summed E-state index contributed by atoms with van der Waals surface area (Å²) in [6, 6.07) is 9.50. The van der Waals surface area contributed by atoms with Crippen LogP contribution in [0.5, 0.6) is 11.5 Å². The Bertz CT molecular complexity index is 1100. The van der Waals surface area contributed by atoms with Crippen LogP contribution in [0.3, 0.4) is 0 Å². The van der Waals surface area contributed by atoms with Gasteiger partial charge in [-0.1, -0.05) is 34.5 Å². The van der Waals surface area contributed by atoms with Crippen LogP contribution in [0.4, 0.5) is 10.5 Å². The number of hydrogen-bond donors (Lipinski definition) is 2. The number of nitrogens with zero attached hydrogens (tertiary/aromatic N) is 1. The Morgan fingerprint density at radius 2 is 1.97 bits per heavy atom. The van der Waals surface area contributed by atoms with Crippen LogP contribution in [0.1, 0.15) is 25.8 Å². The fourth-order valence-electron chi connectivity index (χ4n) is 2.98. The number of amides is 4. The van der Waals surface area contributed by atoms with Crippen molar-refractivity contribution >= 4 is 57.1 Å². The van der Waals surface area contributed by atoms with Crippen LogP contribution in [0.2, 0.25) is 5.02 Å². The van der Waals surface area contributed by atoms with Crippen molar-refractivity contribution in [3.8, 4) is 11.5 Å². The molecule has 1 atom stereocenters. The third-order valence-corrected chi connectivity index (χ3v) is 5.66. The molecule has 1 fully saturated rings. The Morgan fingerprint density at radius 3 is 2.61 bits per heavy atom. The van der Waals surface area contributed by atoms with Crippen LogP contribution in [0.15, 0.2) is 46.6 Å². The van der Waals surface area contributed by atoms with Crippen molar-refractivity contribution in [2.24, 2.45) is 0 Å². The van der Waals surface area contributed by atoms with E-state index in [0.29, 0.717) is 27.8 Å². The molecular formula is C23H23BrClN3O5. The molecule has 0 bridgehead atoms. The molecule has 174 valence electrons. The van der Waals surface area contributed by atoms with Gasteiger partial charge in [0.2, 0.25) is 5.91 Å². The number of ether oxygens (including phenoxy) is 2. The van der Waals surface area contributed by atoms with Crippen LogP contribution < -0.4 is 20.1 Å². The van der Waals surface area contributed by atoms with Crippen molar-refractivity contribution in [2.75, 3.05) is 19.0 Å². The van der Waals surface area contributed by atoms with Gasteiger partial charge < -0.3 is 20.1 Å². The molecule has 8 nitrogen and oxygen atoms in total. The fraction of sp³-hybridized carbons (Fsp3) is 0.261. The minimum Gasteiger partial charge on any atom is -0.493 e. The quantitative estimate of drug-likeness (QED) is 0.372. The van der Waals surface area contributed by atoms with E-state index in [1.807, 2.05) is 13.8 Å². The molecule has 1 aliphatic heterocycles. The summed E-state index contributed by atoms with van der Waals surface area (Å²) in [6.45, 7) is 3.48. The lowest BCUT2D eigenvalue weighted by Crippen LogP contribution is -2.38. The van der Waals surface area contributed by atoms with Gasteiger partial charge in [-0.2, -0.15) is 0 Å². The average Bonchev–Trinajstić information content (AvgIpc) is 3.04. The summed E-state index contributed by atoms with van der Waals surface area (Å²) in [4.78, 5) is 38.2. The lowest BCUT2D eigenvalue weighted by molar-refractivity contribution is -0.127. The van der Waals surface area contributed by atoms with Gasteiger partial charge in [0.25, 0.3) is 5.91 Å². The van der Waals surface area contributed by atoms with Crippen molar-refractivity contribution in [2.45, 2.75) is 26.4 Å². The molecule has 1 aliphatic rings. The molecule has 0 aliphatic carbocycles. The van der Waals surface area contributed by atoms with Crippen molar-refractivity contribution in [1.29, 1.82) is 0 Å². The number of benzene rings is 2. The zero-order valence-electron chi connectivity index (χ0n) is 18.3. The minimum absolute atomic E-state index is 0.0187. The summed E-state index contributed by atoms with van der Waals surface area (Å²) in [5.74, 6) is -0.319. The normalized spacial score (nSPS) is 15.4. The van der Waals surface area contributed by atoms with Crippen LogP contribution in [-0.2, 0) is 9.59 Å². The average molecular weight is 537 g/mol. The first kappa shape index (κ1) is 24.6. The maximum Gasteiger partial charge on any atom is 0.329 e. The monoisotopic (exact) mass is 535 g/mol. The lowest BCUT2D eigenvalue weighted by Gasteiger charge is -2.17. The Kier molecular flexibility index (Phi) is 7.99. The largest absolute Gasteiger partial charge is 0.493 e. The third kappa shape index (κ3) is 6.06. The van der Waals surface area contributed by atoms with E-state index in [2.05, 4.69) is 26.6 Å². The van der Waals surface area contributed by atoms with Crippen LogP contribution in [0.25, 0.3) is 6.08 Å². The van der Waals surface area contributed by atoms with Crippen molar-refractivity contribution < 1.29 is 23.9 Å². The molecular weight excluding hydrogens is 514 g/mol. The number of carbonyl (C=O) groups is 3. The molecule has 0 radical (unpaired) electrons. The third-order valence-electron chi connectivity index (χ3n) is 4.85. The second-order valence-corrected chi connectivity index (χ2v) is 8.63. The van der Waals surface area contributed by atoms with Gasteiger partial charge in [-0.25, -0.2) is 9.69 Å². The number of urea groups is 1. The highest BCUT2D eigenvalue weighted by molar-refractivity contribution is 9.10. The molecule has 0 saturated carbocycles. The van der Waals surface area contributed by atoms with E-state index in [0.717, 1.165) is 15.8 Å². The molecule has 0 unspecified atom stereocenters. The van der Waals surface area contributed by atoms with Gasteiger partial charge in [0.15, 0.2) is 11.5 Å². The first-order valence-electron chi connectivity index (χ1n) is 10.2. The molecule has 2 N–H and O–H groups in total. The van der Waals surface area contributed by atoms with Gasteiger partial charge in [-0.15, -0.1) is 0 Å². The van der Waals surface area contributed by atoms with Crippen LogP contribution in [-0.4, -0.2) is 42.5 Å². The van der Waals surface area contributed by atoms with E-state index >= 15 is 0 Å². The lowest BCUT2D eigenvalue weighted by atomic mass is 10.1. The molecule has 10 heteroatoms. The van der Waals surface area contributed by atoms with Gasteiger partial charge in [-0.3, -0.25) is 9.59 Å². The summed E-state index contributed by atoms with van der Waals surface area (Å²) in [5, 5.41) is 5.45. The highest BCUT2D eigenvalue weighted by Crippen LogP contribution is 2.38. The molecule has 3 rings (SSSR count). The van der Waals surface area contributed by atoms with Gasteiger partial charge in [0, 0.05) is 10.2 Å². The summed E-state index contributed by atoms with van der Waals surface area (Å²) in [5.41, 5.74) is 1.09. The van der Waals surface area contributed by atoms with E-state index in [9.17, 15) is 14.4 Å². The maximum atomic E-state index is 12.7. The molecule has 0 aromatic heterocycles. The van der Waals surface area contributed by atoms with Crippen molar-refractivity contribution in [3.63, 3.8) is 0 Å². The zero-order chi connectivity index (χ0) is 24.1.